The predicted octanol–water partition coefficient (Wildman–Crippen LogP) is 4.19. The Kier molecular flexibility index (Phi) is 6.54. The highest BCUT2D eigenvalue weighted by atomic mass is 35.5. The van der Waals surface area contributed by atoms with E-state index in [9.17, 15) is 19.5 Å². The van der Waals surface area contributed by atoms with E-state index < -0.39 is 23.5 Å². The largest absolute Gasteiger partial charge is 0.548 e. The third-order valence-corrected chi connectivity index (χ3v) is 6.63. The number of carboxylic acid groups (broad SMARTS) is 1. The number of amides is 1. The topological polar surface area (TPSA) is 113 Å². The summed E-state index contributed by atoms with van der Waals surface area (Å²) in [7, 11) is 0. The lowest BCUT2D eigenvalue weighted by Gasteiger charge is -2.20. The fourth-order valence-electron chi connectivity index (χ4n) is 4.41. The Morgan fingerprint density at radius 2 is 1.73 bits per heavy atom. The Balaban J connectivity index is 1.45. The number of hydrogen-bond donors (Lipinski definition) is 1. The van der Waals surface area contributed by atoms with Gasteiger partial charge in [0.05, 0.1) is 30.3 Å². The number of benzene rings is 3. The smallest absolute Gasteiger partial charge is 0.340 e. The molecule has 0 aliphatic heterocycles. The van der Waals surface area contributed by atoms with Crippen molar-refractivity contribution >= 4 is 45.4 Å². The Bertz CT molecular complexity index is 1690. The van der Waals surface area contributed by atoms with Gasteiger partial charge in [-0.1, -0.05) is 54.1 Å². The van der Waals surface area contributed by atoms with Gasteiger partial charge in [-0.05, 0) is 48.2 Å². The van der Waals surface area contributed by atoms with Crippen LogP contribution in [0, 0.1) is 6.92 Å². The van der Waals surface area contributed by atoms with Gasteiger partial charge in [-0.3, -0.25) is 4.79 Å². The maximum atomic E-state index is 12.8. The van der Waals surface area contributed by atoms with Crippen LogP contribution < -0.4 is 16.0 Å². The lowest BCUT2D eigenvalue weighted by Crippen LogP contribution is -2.49. The van der Waals surface area contributed by atoms with Gasteiger partial charge >= 0.3 is 5.63 Å². The summed E-state index contributed by atoms with van der Waals surface area (Å²) in [6.07, 6.45) is 1.32. The number of aliphatic carboxylic acids is 1. The van der Waals surface area contributed by atoms with Gasteiger partial charge < -0.3 is 24.1 Å². The molecule has 2 heterocycles. The molecule has 1 N–H and O–H groups in total. The molecule has 0 aliphatic carbocycles. The zero-order chi connectivity index (χ0) is 26.1. The summed E-state index contributed by atoms with van der Waals surface area (Å²) in [5, 5.41) is 16.1. The molecule has 0 radical (unpaired) electrons. The summed E-state index contributed by atoms with van der Waals surface area (Å²) in [5.74, 6) is -2.06. The Labute approximate surface area is 216 Å². The Hall–Kier alpha value is -4.36. The highest BCUT2D eigenvalue weighted by Gasteiger charge is 2.20. The second kappa shape index (κ2) is 9.95. The minimum absolute atomic E-state index is 0.0112. The summed E-state index contributed by atoms with van der Waals surface area (Å²) in [6.45, 7) is 1.74. The molecule has 5 rings (SSSR count). The quantitative estimate of drug-likeness (QED) is 0.326. The van der Waals surface area contributed by atoms with Crippen molar-refractivity contribution in [3.8, 4) is 11.1 Å². The van der Waals surface area contributed by atoms with E-state index in [0.29, 0.717) is 32.7 Å². The van der Waals surface area contributed by atoms with Crippen LogP contribution in [0.15, 0.2) is 86.6 Å². The highest BCUT2D eigenvalue weighted by molar-refractivity contribution is 6.30. The first kappa shape index (κ1) is 24.3. The Morgan fingerprint density at radius 3 is 2.43 bits per heavy atom. The fourth-order valence-corrected chi connectivity index (χ4v) is 4.54. The van der Waals surface area contributed by atoms with Crippen molar-refractivity contribution in [3.63, 3.8) is 0 Å². The number of nitrogens with one attached hydrogen (secondary N) is 1. The number of carbonyl (C=O) groups excluding carboxylic acids is 2. The molecule has 3 aromatic carbocycles. The second-order valence-corrected chi connectivity index (χ2v) is 9.24. The van der Waals surface area contributed by atoms with Crippen molar-refractivity contribution < 1.29 is 23.5 Å². The van der Waals surface area contributed by atoms with Crippen LogP contribution in [0.2, 0.25) is 5.02 Å². The van der Waals surface area contributed by atoms with E-state index >= 15 is 0 Å². The van der Waals surface area contributed by atoms with Gasteiger partial charge in [0.15, 0.2) is 0 Å². The summed E-state index contributed by atoms with van der Waals surface area (Å²) in [6, 6.07) is 18.6. The van der Waals surface area contributed by atoms with E-state index in [4.69, 9.17) is 20.4 Å². The van der Waals surface area contributed by atoms with Crippen LogP contribution in [0.25, 0.3) is 33.1 Å². The van der Waals surface area contributed by atoms with Crippen molar-refractivity contribution in [2.75, 3.05) is 0 Å². The van der Waals surface area contributed by atoms with Crippen LogP contribution in [-0.4, -0.2) is 17.9 Å². The molecule has 0 bridgehead atoms. The lowest BCUT2D eigenvalue weighted by atomic mass is 9.99. The molecule has 5 aromatic rings. The SMILES string of the molecule is Cc1c(CC(=O)N[C@@H](Cc2ccc(Cl)cc2)C(=O)[O-])c(=O)oc2cc3occ(-c4ccccc4)c3cc12. The minimum atomic E-state index is -1.43. The Morgan fingerprint density at radius 1 is 1.00 bits per heavy atom. The number of hydrogen-bond acceptors (Lipinski definition) is 6. The summed E-state index contributed by atoms with van der Waals surface area (Å²) in [4.78, 5) is 37.3. The molecule has 1 atom stereocenters. The predicted molar refractivity (Wildman–Crippen MR) is 138 cm³/mol. The van der Waals surface area contributed by atoms with Gasteiger partial charge in [-0.2, -0.15) is 0 Å². The molecule has 0 spiro atoms. The van der Waals surface area contributed by atoms with Gasteiger partial charge in [0.25, 0.3) is 0 Å². The molecule has 0 saturated heterocycles. The maximum absolute atomic E-state index is 12.8. The van der Waals surface area contributed by atoms with E-state index in [1.165, 1.54) is 0 Å². The third kappa shape index (κ3) is 4.99. The number of carbonyl (C=O) groups is 2. The molecule has 7 nitrogen and oxygen atoms in total. The van der Waals surface area contributed by atoms with Crippen LogP contribution >= 0.6 is 11.6 Å². The summed E-state index contributed by atoms with van der Waals surface area (Å²) < 4.78 is 11.2. The van der Waals surface area contributed by atoms with Gasteiger partial charge in [0.1, 0.15) is 11.2 Å². The first-order chi connectivity index (χ1) is 17.8. The van der Waals surface area contributed by atoms with Crippen molar-refractivity contribution in [2.24, 2.45) is 0 Å². The van der Waals surface area contributed by atoms with E-state index in [1.54, 1.807) is 43.5 Å². The molecule has 0 fully saturated rings. The van der Waals surface area contributed by atoms with E-state index in [2.05, 4.69) is 5.32 Å². The average Bonchev–Trinajstić information content (AvgIpc) is 3.30. The molecular weight excluding hydrogens is 494 g/mol. The number of furan rings is 1. The van der Waals surface area contributed by atoms with Gasteiger partial charge in [-0.15, -0.1) is 0 Å². The first-order valence-electron chi connectivity index (χ1n) is 11.6. The monoisotopic (exact) mass is 514 g/mol. The fraction of sp³-hybridized carbons (Fsp3) is 0.138. The molecule has 0 aliphatic rings. The van der Waals surface area contributed by atoms with Gasteiger partial charge in [-0.25, -0.2) is 4.79 Å². The van der Waals surface area contributed by atoms with Crippen LogP contribution in [0.4, 0.5) is 0 Å². The van der Waals surface area contributed by atoms with E-state index in [1.807, 2.05) is 36.4 Å². The molecule has 186 valence electrons. The van der Waals surface area contributed by atoms with Crippen molar-refractivity contribution in [3.05, 3.63) is 105 Å². The van der Waals surface area contributed by atoms with Gasteiger partial charge in [0, 0.05) is 27.4 Å². The molecule has 0 unspecified atom stereocenters. The highest BCUT2D eigenvalue weighted by Crippen LogP contribution is 2.34. The summed E-state index contributed by atoms with van der Waals surface area (Å²) in [5.41, 5.74) is 3.49. The second-order valence-electron chi connectivity index (χ2n) is 8.80. The standard InChI is InChI=1S/C29H22ClNO6/c1-16-20-12-22-23(18-5-3-2-4-6-18)15-36-25(22)14-26(20)37-29(35)21(16)13-27(32)31-24(28(33)34)11-17-7-9-19(30)10-8-17/h2-10,12,14-15,24H,11,13H2,1H3,(H,31,32)(H,33,34)/p-1/t24-/m0/s1. The third-order valence-electron chi connectivity index (χ3n) is 6.38. The van der Waals surface area contributed by atoms with Crippen LogP contribution in [-0.2, 0) is 22.4 Å². The number of carboxylic acids is 1. The number of fused-ring (bicyclic) bond motifs is 2. The zero-order valence-corrected chi connectivity index (χ0v) is 20.5. The zero-order valence-electron chi connectivity index (χ0n) is 19.7. The van der Waals surface area contributed by atoms with Gasteiger partial charge in [0.2, 0.25) is 5.91 Å². The lowest BCUT2D eigenvalue weighted by molar-refractivity contribution is -0.308. The maximum Gasteiger partial charge on any atom is 0.340 e. The minimum Gasteiger partial charge on any atom is -0.548 e. The van der Waals surface area contributed by atoms with Crippen molar-refractivity contribution in [1.29, 1.82) is 0 Å². The van der Waals surface area contributed by atoms with Crippen molar-refractivity contribution in [2.45, 2.75) is 25.8 Å². The average molecular weight is 515 g/mol. The van der Waals surface area contributed by atoms with Crippen molar-refractivity contribution in [1.82, 2.24) is 5.32 Å². The molecular formula is C29H21ClNO6-. The van der Waals surface area contributed by atoms with Crippen LogP contribution in [0.5, 0.6) is 0 Å². The molecule has 37 heavy (non-hydrogen) atoms. The van der Waals surface area contributed by atoms with Crippen LogP contribution in [0.3, 0.4) is 0 Å². The molecule has 2 aromatic heterocycles. The molecule has 8 heteroatoms. The van der Waals surface area contributed by atoms with E-state index in [-0.39, 0.29) is 18.4 Å². The summed E-state index contributed by atoms with van der Waals surface area (Å²) >= 11 is 5.88. The van der Waals surface area contributed by atoms with Crippen LogP contribution in [0.1, 0.15) is 16.7 Å². The number of rotatable bonds is 7. The number of aryl methyl sites for hydroxylation is 1. The number of halogens is 1. The van der Waals surface area contributed by atoms with E-state index in [0.717, 1.165) is 16.5 Å². The first-order valence-corrected chi connectivity index (χ1v) is 12.0. The molecule has 0 saturated carbocycles. The normalized spacial score (nSPS) is 12.1. The molecule has 1 amide bonds.